The van der Waals surface area contributed by atoms with Crippen LogP contribution in [0.15, 0.2) is 70.6 Å². The van der Waals surface area contributed by atoms with Crippen molar-refractivity contribution >= 4 is 12.2 Å². The molecule has 2 N–H and O–H groups in total. The van der Waals surface area contributed by atoms with Gasteiger partial charge in [0.15, 0.2) is 5.69 Å². The predicted octanol–water partition coefficient (Wildman–Crippen LogP) is 5.23. The Hall–Kier alpha value is -5.05. The van der Waals surface area contributed by atoms with E-state index in [9.17, 15) is 23.2 Å². The minimum absolute atomic E-state index is 0.00292. The van der Waals surface area contributed by atoms with Gasteiger partial charge in [-0.3, -0.25) is 9.78 Å². The zero-order valence-electron chi connectivity index (χ0n) is 19.5. The molecule has 190 valence electrons. The van der Waals surface area contributed by atoms with Crippen molar-refractivity contribution in [3.05, 3.63) is 93.5 Å². The van der Waals surface area contributed by atoms with Gasteiger partial charge in [0, 0.05) is 11.5 Å². The number of nitrogens with one attached hydrogen (secondary N) is 2. The van der Waals surface area contributed by atoms with E-state index in [1.165, 1.54) is 18.3 Å². The Morgan fingerprint density at radius 2 is 1.82 bits per heavy atom. The van der Waals surface area contributed by atoms with Crippen molar-refractivity contribution in [3.8, 4) is 29.1 Å². The lowest BCUT2D eigenvalue weighted by Gasteiger charge is -2.10. The molecule has 2 aromatic heterocycles. The minimum Gasteiger partial charge on any atom is -0.424 e. The largest absolute Gasteiger partial charge is 0.433 e. The molecule has 0 aliphatic heterocycles. The molecular formula is C26H18F3N7O2. The third-order valence-corrected chi connectivity index (χ3v) is 5.56. The number of anilines is 1. The van der Waals surface area contributed by atoms with E-state index >= 15 is 0 Å². The Balaban J connectivity index is 1.29. The first-order valence-electron chi connectivity index (χ1n) is 11.4. The number of benzene rings is 2. The number of rotatable bonds is 7. The molecule has 5 rings (SSSR count). The summed E-state index contributed by atoms with van der Waals surface area (Å²) in [5, 5.41) is 13.4. The zero-order valence-corrected chi connectivity index (χ0v) is 19.5. The van der Waals surface area contributed by atoms with Crippen LogP contribution in [0, 0.1) is 11.3 Å². The highest BCUT2D eigenvalue weighted by molar-refractivity contribution is 5.80. The van der Waals surface area contributed by atoms with Crippen LogP contribution >= 0.6 is 0 Å². The van der Waals surface area contributed by atoms with E-state index in [0.717, 1.165) is 18.9 Å². The molecule has 0 saturated heterocycles. The van der Waals surface area contributed by atoms with Crippen LogP contribution in [0.2, 0.25) is 0 Å². The third kappa shape index (κ3) is 5.67. The van der Waals surface area contributed by atoms with Crippen molar-refractivity contribution in [1.29, 1.82) is 5.26 Å². The summed E-state index contributed by atoms with van der Waals surface area (Å²) in [5.41, 5.74) is 2.63. The van der Waals surface area contributed by atoms with Crippen LogP contribution < -0.4 is 15.7 Å². The summed E-state index contributed by atoms with van der Waals surface area (Å²) in [4.78, 5) is 26.7. The van der Waals surface area contributed by atoms with E-state index in [4.69, 9.17) is 4.74 Å². The molecule has 1 aliphatic rings. The number of hydrogen-bond donors (Lipinski definition) is 2. The number of hydrazone groups is 1. The summed E-state index contributed by atoms with van der Waals surface area (Å²) in [6.07, 6.45) is -1.59. The Kier molecular flexibility index (Phi) is 6.57. The number of H-pyrrole nitrogens is 1. The molecule has 0 radical (unpaired) electrons. The number of nitriles is 1. The normalized spacial score (nSPS) is 13.3. The molecule has 0 bridgehead atoms. The molecule has 12 heteroatoms. The second-order valence-electron chi connectivity index (χ2n) is 8.39. The maximum absolute atomic E-state index is 13.2. The van der Waals surface area contributed by atoms with E-state index < -0.39 is 17.4 Å². The zero-order chi connectivity index (χ0) is 26.7. The lowest BCUT2D eigenvalue weighted by atomic mass is 10.1. The summed E-state index contributed by atoms with van der Waals surface area (Å²) in [7, 11) is 0. The Bertz CT molecular complexity index is 1590. The molecule has 4 aromatic rings. The Morgan fingerprint density at radius 1 is 1.08 bits per heavy atom. The van der Waals surface area contributed by atoms with Gasteiger partial charge in [0.05, 0.1) is 17.6 Å². The molecule has 0 spiro atoms. The van der Waals surface area contributed by atoms with Crippen LogP contribution in [0.1, 0.15) is 41.3 Å². The molecule has 1 saturated carbocycles. The quantitative estimate of drug-likeness (QED) is 0.254. The number of nitrogens with zero attached hydrogens (tertiary/aromatic N) is 5. The van der Waals surface area contributed by atoms with Crippen LogP contribution in [0.3, 0.4) is 0 Å². The Morgan fingerprint density at radius 3 is 2.47 bits per heavy atom. The van der Waals surface area contributed by atoms with E-state index in [2.05, 4.69) is 30.5 Å². The topological polar surface area (TPSA) is 129 Å². The smallest absolute Gasteiger partial charge is 0.424 e. The first-order valence-corrected chi connectivity index (χ1v) is 11.4. The fourth-order valence-corrected chi connectivity index (χ4v) is 3.55. The maximum atomic E-state index is 13.2. The van der Waals surface area contributed by atoms with E-state index in [-0.39, 0.29) is 34.9 Å². The lowest BCUT2D eigenvalue weighted by Crippen LogP contribution is -2.16. The van der Waals surface area contributed by atoms with Crippen molar-refractivity contribution < 1.29 is 17.9 Å². The maximum Gasteiger partial charge on any atom is 0.433 e. The number of alkyl halides is 3. The predicted molar refractivity (Wildman–Crippen MR) is 132 cm³/mol. The second kappa shape index (κ2) is 10.1. The highest BCUT2D eigenvalue weighted by Crippen LogP contribution is 2.41. The van der Waals surface area contributed by atoms with E-state index in [0.29, 0.717) is 16.8 Å². The summed E-state index contributed by atoms with van der Waals surface area (Å²) in [6.45, 7) is 0. The lowest BCUT2D eigenvalue weighted by molar-refractivity contribution is -0.141. The molecular weight excluding hydrogens is 499 g/mol. The first kappa shape index (κ1) is 24.6. The number of aromatic nitrogens is 4. The van der Waals surface area contributed by atoms with Gasteiger partial charge in [0.1, 0.15) is 17.4 Å². The second-order valence-corrected chi connectivity index (χ2v) is 8.39. The fraction of sp³-hybridized carbons (Fsp3) is 0.154. The summed E-state index contributed by atoms with van der Waals surface area (Å²) < 4.78 is 45.2. The standard InChI is InChI=1S/C26H18F3N7O2/c27-26(28,29)21-12-20(16-8-9-16)32-25(33-21)38-18-10-6-15(7-11-18)14-31-36-24-34-22(17-4-2-1-3-5-17)19(13-30)23(37)35-24/h1-7,10-12,14,16H,8-9H2,(H2,34,35,36,37). The number of hydrogen-bond acceptors (Lipinski definition) is 8. The van der Waals surface area contributed by atoms with Crippen molar-refractivity contribution in [1.82, 2.24) is 19.9 Å². The molecule has 0 atom stereocenters. The van der Waals surface area contributed by atoms with Gasteiger partial charge in [0.25, 0.3) is 5.56 Å². The molecule has 1 aliphatic carbocycles. The van der Waals surface area contributed by atoms with Crippen molar-refractivity contribution in [3.63, 3.8) is 0 Å². The monoisotopic (exact) mass is 517 g/mol. The van der Waals surface area contributed by atoms with Gasteiger partial charge in [-0.15, -0.1) is 0 Å². The van der Waals surface area contributed by atoms with Gasteiger partial charge in [0.2, 0.25) is 5.95 Å². The first-order chi connectivity index (χ1) is 18.3. The van der Waals surface area contributed by atoms with Crippen LogP contribution in [-0.4, -0.2) is 26.2 Å². The van der Waals surface area contributed by atoms with Crippen molar-refractivity contribution in [2.45, 2.75) is 24.9 Å². The Labute approximate surface area is 213 Å². The van der Waals surface area contributed by atoms with Gasteiger partial charge in [-0.1, -0.05) is 30.3 Å². The van der Waals surface area contributed by atoms with Crippen molar-refractivity contribution in [2.24, 2.45) is 5.10 Å². The number of halogens is 3. The molecule has 0 amide bonds. The number of aromatic amines is 1. The summed E-state index contributed by atoms with van der Waals surface area (Å²) >= 11 is 0. The number of ether oxygens (including phenoxy) is 1. The molecule has 1 fully saturated rings. The van der Waals surface area contributed by atoms with Crippen LogP contribution in [-0.2, 0) is 6.18 Å². The van der Waals surface area contributed by atoms with Crippen LogP contribution in [0.25, 0.3) is 11.3 Å². The van der Waals surface area contributed by atoms with Gasteiger partial charge in [-0.25, -0.2) is 10.4 Å². The molecule has 2 heterocycles. The van der Waals surface area contributed by atoms with Crippen LogP contribution in [0.5, 0.6) is 11.8 Å². The van der Waals surface area contributed by atoms with Gasteiger partial charge >= 0.3 is 12.2 Å². The molecule has 38 heavy (non-hydrogen) atoms. The van der Waals surface area contributed by atoms with Gasteiger partial charge in [-0.05, 0) is 48.7 Å². The van der Waals surface area contributed by atoms with Crippen molar-refractivity contribution in [2.75, 3.05) is 5.43 Å². The van der Waals surface area contributed by atoms with E-state index in [1.807, 2.05) is 6.07 Å². The fourth-order valence-electron chi connectivity index (χ4n) is 3.55. The van der Waals surface area contributed by atoms with Gasteiger partial charge in [-0.2, -0.15) is 33.5 Å². The third-order valence-electron chi connectivity index (χ3n) is 5.56. The molecule has 9 nitrogen and oxygen atoms in total. The summed E-state index contributed by atoms with van der Waals surface area (Å²) in [6, 6.07) is 17.6. The summed E-state index contributed by atoms with van der Waals surface area (Å²) in [5.74, 6) is 0.288. The SMILES string of the molecule is N#Cc1c(-c2ccccc2)nc(NN=Cc2ccc(Oc3nc(C4CC4)cc(C(F)(F)F)n3)cc2)[nH]c1=O. The van der Waals surface area contributed by atoms with E-state index in [1.54, 1.807) is 42.5 Å². The average molecular weight is 517 g/mol. The minimum atomic E-state index is -4.60. The highest BCUT2D eigenvalue weighted by atomic mass is 19.4. The average Bonchev–Trinajstić information content (AvgIpc) is 3.75. The van der Waals surface area contributed by atoms with Gasteiger partial charge < -0.3 is 4.74 Å². The molecule has 0 unspecified atom stereocenters. The van der Waals surface area contributed by atoms with Crippen LogP contribution in [0.4, 0.5) is 19.1 Å². The highest BCUT2D eigenvalue weighted by Gasteiger charge is 2.36. The molecule has 2 aromatic carbocycles.